The van der Waals surface area contributed by atoms with Crippen LogP contribution in [-0.4, -0.2) is 11.7 Å². The minimum absolute atomic E-state index is 0.179. The van der Waals surface area contributed by atoms with Crippen LogP contribution in [0.15, 0.2) is 48.5 Å². The van der Waals surface area contributed by atoms with Gasteiger partial charge in [-0.15, -0.1) is 0 Å². The molecule has 2 aliphatic carbocycles. The van der Waals surface area contributed by atoms with E-state index >= 15 is 0 Å². The molecule has 1 N–H and O–H groups in total. The number of halogens is 1. The molecule has 2 fully saturated rings. The van der Waals surface area contributed by atoms with E-state index in [-0.39, 0.29) is 23.4 Å². The van der Waals surface area contributed by atoms with Crippen LogP contribution in [0.2, 0.25) is 0 Å². The Kier molecular flexibility index (Phi) is 3.48. The van der Waals surface area contributed by atoms with Crippen LogP contribution in [0.4, 0.5) is 10.1 Å². The summed E-state index contributed by atoms with van der Waals surface area (Å²) in [6, 6.07) is 13.4. The van der Waals surface area contributed by atoms with Crippen LogP contribution >= 0.6 is 0 Å². The fourth-order valence-electron chi connectivity index (χ4n) is 3.14. The largest absolute Gasteiger partial charge is 0.325 e. The Morgan fingerprint density at radius 1 is 1.00 bits per heavy atom. The lowest BCUT2D eigenvalue weighted by Crippen LogP contribution is -2.28. The van der Waals surface area contributed by atoms with E-state index in [0.717, 1.165) is 12.8 Å². The van der Waals surface area contributed by atoms with Crippen molar-refractivity contribution in [3.8, 4) is 0 Å². The van der Waals surface area contributed by atoms with E-state index in [1.165, 1.54) is 6.07 Å². The topological polar surface area (TPSA) is 46.2 Å². The molecule has 4 rings (SSSR count). The molecule has 2 aromatic carbocycles. The summed E-state index contributed by atoms with van der Waals surface area (Å²) in [5.41, 5.74) is 1.03. The molecular formula is C20H18FNO2. The molecule has 122 valence electrons. The number of hydrogen-bond acceptors (Lipinski definition) is 2. The monoisotopic (exact) mass is 323 g/mol. The third-order valence-electron chi connectivity index (χ3n) is 4.95. The maximum absolute atomic E-state index is 14.0. The first-order chi connectivity index (χ1) is 11.6. The van der Waals surface area contributed by atoms with Crippen LogP contribution in [0.25, 0.3) is 0 Å². The van der Waals surface area contributed by atoms with Gasteiger partial charge in [0.15, 0.2) is 5.78 Å². The molecule has 0 heterocycles. The van der Waals surface area contributed by atoms with Crippen molar-refractivity contribution in [1.29, 1.82) is 0 Å². The summed E-state index contributed by atoms with van der Waals surface area (Å²) >= 11 is 0. The van der Waals surface area contributed by atoms with Crippen LogP contribution in [0.5, 0.6) is 0 Å². The maximum atomic E-state index is 14.0. The second kappa shape index (κ2) is 5.55. The van der Waals surface area contributed by atoms with Crippen molar-refractivity contribution in [3.05, 3.63) is 65.5 Å². The number of nitrogens with one attached hydrogen (secondary N) is 1. The standard InChI is InChI=1S/C20H18FNO2/c21-17-4-2-1-3-16(17)20(11-12-20)19(24)22-15-9-7-14(8-10-15)18(23)13-5-6-13/h1-4,7-10,13H,5-6,11-12H2,(H,22,24). The van der Waals surface area contributed by atoms with Gasteiger partial charge in [0.05, 0.1) is 5.41 Å². The normalized spacial score (nSPS) is 18.0. The lowest BCUT2D eigenvalue weighted by atomic mass is 9.94. The van der Waals surface area contributed by atoms with Crippen molar-refractivity contribution in [3.63, 3.8) is 0 Å². The first-order valence-electron chi connectivity index (χ1n) is 8.31. The highest BCUT2D eigenvalue weighted by atomic mass is 19.1. The van der Waals surface area contributed by atoms with Crippen LogP contribution in [0.3, 0.4) is 0 Å². The molecule has 0 saturated heterocycles. The predicted octanol–water partition coefficient (Wildman–Crippen LogP) is 4.09. The number of Topliss-reactive ketones (excluding diaryl/α,β-unsaturated/α-hetero) is 1. The Morgan fingerprint density at radius 3 is 2.25 bits per heavy atom. The summed E-state index contributed by atoms with van der Waals surface area (Å²) in [7, 11) is 0. The fourth-order valence-corrected chi connectivity index (χ4v) is 3.14. The third-order valence-corrected chi connectivity index (χ3v) is 4.95. The molecule has 24 heavy (non-hydrogen) atoms. The molecule has 1 amide bonds. The molecule has 2 aromatic rings. The zero-order valence-corrected chi connectivity index (χ0v) is 13.2. The van der Waals surface area contributed by atoms with Crippen LogP contribution < -0.4 is 5.32 Å². The van der Waals surface area contributed by atoms with E-state index in [9.17, 15) is 14.0 Å². The van der Waals surface area contributed by atoms with E-state index in [1.807, 2.05) is 0 Å². The summed E-state index contributed by atoms with van der Waals surface area (Å²) in [5.74, 6) is -0.163. The van der Waals surface area contributed by atoms with Crippen LogP contribution in [0, 0.1) is 11.7 Å². The summed E-state index contributed by atoms with van der Waals surface area (Å²) in [6.45, 7) is 0. The van der Waals surface area contributed by atoms with E-state index < -0.39 is 5.41 Å². The first-order valence-corrected chi connectivity index (χ1v) is 8.31. The van der Waals surface area contributed by atoms with Gasteiger partial charge >= 0.3 is 0 Å². The van der Waals surface area contributed by atoms with Gasteiger partial charge in [-0.25, -0.2) is 4.39 Å². The number of benzene rings is 2. The molecule has 2 aliphatic rings. The van der Waals surface area contributed by atoms with Crippen LogP contribution in [0.1, 0.15) is 41.6 Å². The molecule has 0 aromatic heterocycles. The van der Waals surface area contributed by atoms with Crippen molar-refractivity contribution < 1.29 is 14.0 Å². The molecule has 0 aliphatic heterocycles. The SMILES string of the molecule is O=C(c1ccc(NC(=O)C2(c3ccccc3F)CC2)cc1)C1CC1. The molecular weight excluding hydrogens is 305 g/mol. The van der Waals surface area contributed by atoms with E-state index in [1.54, 1.807) is 42.5 Å². The quantitative estimate of drug-likeness (QED) is 0.843. The predicted molar refractivity (Wildman–Crippen MR) is 89.4 cm³/mol. The summed E-state index contributed by atoms with van der Waals surface area (Å²) in [4.78, 5) is 24.6. The average molecular weight is 323 g/mol. The molecule has 0 bridgehead atoms. The Labute approximate surface area is 139 Å². The van der Waals surface area contributed by atoms with Gasteiger partial charge in [-0.1, -0.05) is 18.2 Å². The fraction of sp³-hybridized carbons (Fsp3) is 0.300. The molecule has 3 nitrogen and oxygen atoms in total. The Balaban J connectivity index is 1.50. The van der Waals surface area contributed by atoms with Gasteiger partial charge in [-0.3, -0.25) is 9.59 Å². The second-order valence-corrected chi connectivity index (χ2v) is 6.73. The van der Waals surface area contributed by atoms with Gasteiger partial charge in [0.2, 0.25) is 5.91 Å². The van der Waals surface area contributed by atoms with Gasteiger partial charge in [-0.05, 0) is 56.0 Å². The number of amides is 1. The van der Waals surface area contributed by atoms with Crippen molar-refractivity contribution in [2.24, 2.45) is 5.92 Å². The molecule has 2 saturated carbocycles. The highest BCUT2D eigenvalue weighted by Gasteiger charge is 2.52. The summed E-state index contributed by atoms with van der Waals surface area (Å²) in [5, 5.41) is 2.86. The minimum atomic E-state index is -0.756. The zero-order chi connectivity index (χ0) is 16.7. The summed E-state index contributed by atoms with van der Waals surface area (Å²) in [6.07, 6.45) is 3.25. The van der Waals surface area contributed by atoms with Crippen LogP contribution in [-0.2, 0) is 10.2 Å². The number of anilines is 1. The van der Waals surface area contributed by atoms with E-state index in [0.29, 0.717) is 29.7 Å². The average Bonchev–Trinajstić information content (AvgIpc) is 3.49. The second-order valence-electron chi connectivity index (χ2n) is 6.73. The summed E-state index contributed by atoms with van der Waals surface area (Å²) < 4.78 is 14.0. The molecule has 0 atom stereocenters. The van der Waals surface area contributed by atoms with Gasteiger partial charge in [0.1, 0.15) is 5.82 Å². The number of rotatable bonds is 5. The number of carbonyl (C=O) groups is 2. The molecule has 0 spiro atoms. The van der Waals surface area contributed by atoms with Gasteiger partial charge in [0.25, 0.3) is 0 Å². The van der Waals surface area contributed by atoms with Crippen molar-refractivity contribution >= 4 is 17.4 Å². The highest BCUT2D eigenvalue weighted by molar-refractivity contribution is 6.02. The lowest BCUT2D eigenvalue weighted by molar-refractivity contribution is -0.118. The zero-order valence-electron chi connectivity index (χ0n) is 13.2. The number of ketones is 1. The highest BCUT2D eigenvalue weighted by Crippen LogP contribution is 2.49. The first kappa shape index (κ1) is 15.1. The molecule has 0 unspecified atom stereocenters. The lowest BCUT2D eigenvalue weighted by Gasteiger charge is -2.16. The Bertz CT molecular complexity index is 805. The smallest absolute Gasteiger partial charge is 0.235 e. The van der Waals surface area contributed by atoms with Gasteiger partial charge in [0, 0.05) is 22.7 Å². The van der Waals surface area contributed by atoms with E-state index in [2.05, 4.69) is 5.32 Å². The molecule has 0 radical (unpaired) electrons. The van der Waals surface area contributed by atoms with Gasteiger partial charge < -0.3 is 5.32 Å². The van der Waals surface area contributed by atoms with Crippen molar-refractivity contribution in [2.45, 2.75) is 31.1 Å². The number of carbonyl (C=O) groups excluding carboxylic acids is 2. The number of hydrogen-bond donors (Lipinski definition) is 1. The van der Waals surface area contributed by atoms with Gasteiger partial charge in [-0.2, -0.15) is 0 Å². The van der Waals surface area contributed by atoms with Crippen molar-refractivity contribution in [1.82, 2.24) is 0 Å². The third kappa shape index (κ3) is 2.62. The molecule has 4 heteroatoms. The Hall–Kier alpha value is -2.49. The van der Waals surface area contributed by atoms with E-state index in [4.69, 9.17) is 0 Å². The minimum Gasteiger partial charge on any atom is -0.325 e. The maximum Gasteiger partial charge on any atom is 0.235 e. The Morgan fingerprint density at radius 2 is 1.67 bits per heavy atom. The van der Waals surface area contributed by atoms with Crippen molar-refractivity contribution in [2.75, 3.05) is 5.32 Å².